The normalized spacial score (nSPS) is 12.6. The van der Waals surface area contributed by atoms with Gasteiger partial charge in [-0.25, -0.2) is 15.0 Å². The van der Waals surface area contributed by atoms with Gasteiger partial charge in [0, 0.05) is 30.1 Å². The molecular formula is C17H19N3O2S. The number of aliphatic hydroxyl groups excluding tert-OH is 1. The van der Waals surface area contributed by atoms with Crippen molar-refractivity contribution in [2.45, 2.75) is 36.7 Å². The number of aromatic nitrogens is 3. The minimum atomic E-state index is -0.408. The number of nitrogens with zero attached hydrogens (tertiary/aromatic N) is 3. The molecule has 1 atom stereocenters. The van der Waals surface area contributed by atoms with Crippen LogP contribution in [0.15, 0.2) is 46.0 Å². The molecule has 1 unspecified atom stereocenters. The average Bonchev–Trinajstić information content (AvgIpc) is 3.01. The Morgan fingerprint density at radius 2 is 1.87 bits per heavy atom. The Balaban J connectivity index is 1.47. The molecule has 2 aromatic heterocycles. The Morgan fingerprint density at radius 3 is 2.61 bits per heavy atom. The third-order valence-corrected chi connectivity index (χ3v) is 4.33. The maximum absolute atomic E-state index is 10.1. The Labute approximate surface area is 139 Å². The van der Waals surface area contributed by atoms with Crippen molar-refractivity contribution in [1.29, 1.82) is 0 Å². The SMILES string of the molecule is CSc1cnc(CCC(O)CCc2nc3ccccc3o2)nc1. The first-order valence-electron chi connectivity index (χ1n) is 7.62. The van der Waals surface area contributed by atoms with Gasteiger partial charge in [0.05, 0.1) is 6.10 Å². The van der Waals surface area contributed by atoms with E-state index in [0.29, 0.717) is 31.6 Å². The largest absolute Gasteiger partial charge is 0.441 e. The van der Waals surface area contributed by atoms with Crippen molar-refractivity contribution in [1.82, 2.24) is 15.0 Å². The van der Waals surface area contributed by atoms with Gasteiger partial charge in [-0.3, -0.25) is 0 Å². The molecule has 6 heteroatoms. The summed E-state index contributed by atoms with van der Waals surface area (Å²) in [6.45, 7) is 0. The number of fused-ring (bicyclic) bond motifs is 1. The second kappa shape index (κ2) is 7.57. The Bertz CT molecular complexity index is 725. The Morgan fingerprint density at radius 1 is 1.13 bits per heavy atom. The van der Waals surface area contributed by atoms with E-state index in [0.717, 1.165) is 21.8 Å². The molecule has 0 spiro atoms. The lowest BCUT2D eigenvalue weighted by Gasteiger charge is -2.08. The van der Waals surface area contributed by atoms with E-state index in [9.17, 15) is 5.11 Å². The van der Waals surface area contributed by atoms with Crippen LogP contribution in [0.1, 0.15) is 24.6 Å². The van der Waals surface area contributed by atoms with Crippen LogP contribution in [0.5, 0.6) is 0 Å². The Kier molecular flexibility index (Phi) is 5.25. The molecule has 0 aliphatic rings. The fourth-order valence-electron chi connectivity index (χ4n) is 2.33. The van der Waals surface area contributed by atoms with E-state index in [-0.39, 0.29) is 0 Å². The van der Waals surface area contributed by atoms with Crippen LogP contribution in [0.25, 0.3) is 11.1 Å². The van der Waals surface area contributed by atoms with Crippen molar-refractivity contribution in [3.63, 3.8) is 0 Å². The molecule has 0 aliphatic heterocycles. The first-order chi connectivity index (χ1) is 11.2. The number of rotatable bonds is 7. The summed E-state index contributed by atoms with van der Waals surface area (Å²) in [7, 11) is 0. The second-order valence-electron chi connectivity index (χ2n) is 5.35. The van der Waals surface area contributed by atoms with E-state index in [1.54, 1.807) is 11.8 Å². The lowest BCUT2D eigenvalue weighted by atomic mass is 10.1. The second-order valence-corrected chi connectivity index (χ2v) is 6.23. The van der Waals surface area contributed by atoms with Gasteiger partial charge in [0.1, 0.15) is 11.3 Å². The molecule has 0 radical (unpaired) electrons. The smallest absolute Gasteiger partial charge is 0.195 e. The molecule has 0 saturated carbocycles. The molecular weight excluding hydrogens is 310 g/mol. The van der Waals surface area contributed by atoms with Crippen molar-refractivity contribution in [2.75, 3.05) is 6.26 Å². The summed E-state index contributed by atoms with van der Waals surface area (Å²) >= 11 is 1.62. The zero-order valence-corrected chi connectivity index (χ0v) is 13.8. The molecule has 3 aromatic rings. The lowest BCUT2D eigenvalue weighted by molar-refractivity contribution is 0.152. The Hall–Kier alpha value is -1.92. The summed E-state index contributed by atoms with van der Waals surface area (Å²) in [5.74, 6) is 1.44. The van der Waals surface area contributed by atoms with Crippen LogP contribution in [0.3, 0.4) is 0 Å². The fourth-order valence-corrected chi connectivity index (χ4v) is 2.65. The maximum atomic E-state index is 10.1. The zero-order valence-electron chi connectivity index (χ0n) is 13.0. The van der Waals surface area contributed by atoms with Gasteiger partial charge in [0.2, 0.25) is 0 Å². The first kappa shape index (κ1) is 16.0. The maximum Gasteiger partial charge on any atom is 0.195 e. The number of para-hydroxylation sites is 2. The van der Waals surface area contributed by atoms with Gasteiger partial charge < -0.3 is 9.52 Å². The van der Waals surface area contributed by atoms with Gasteiger partial charge in [0.25, 0.3) is 0 Å². The summed E-state index contributed by atoms with van der Waals surface area (Å²) in [6.07, 6.45) is 7.78. The summed E-state index contributed by atoms with van der Waals surface area (Å²) in [5.41, 5.74) is 1.65. The molecule has 120 valence electrons. The number of hydrogen-bond donors (Lipinski definition) is 1. The molecule has 23 heavy (non-hydrogen) atoms. The highest BCUT2D eigenvalue weighted by Crippen LogP contribution is 2.17. The van der Waals surface area contributed by atoms with Crippen molar-refractivity contribution in [3.05, 3.63) is 48.4 Å². The minimum absolute atomic E-state index is 0.408. The van der Waals surface area contributed by atoms with E-state index in [4.69, 9.17) is 4.42 Å². The molecule has 0 amide bonds. The van der Waals surface area contributed by atoms with E-state index in [2.05, 4.69) is 15.0 Å². The number of aliphatic hydroxyl groups is 1. The van der Waals surface area contributed by atoms with Crippen LogP contribution in [0.2, 0.25) is 0 Å². The third-order valence-electron chi connectivity index (χ3n) is 3.65. The van der Waals surface area contributed by atoms with Crippen LogP contribution in [-0.4, -0.2) is 32.4 Å². The van der Waals surface area contributed by atoms with Gasteiger partial charge >= 0.3 is 0 Å². The van der Waals surface area contributed by atoms with E-state index in [1.807, 2.05) is 42.9 Å². The molecule has 5 nitrogen and oxygen atoms in total. The van der Waals surface area contributed by atoms with Gasteiger partial charge in [-0.2, -0.15) is 0 Å². The van der Waals surface area contributed by atoms with Crippen LogP contribution in [0.4, 0.5) is 0 Å². The van der Waals surface area contributed by atoms with Gasteiger partial charge in [-0.1, -0.05) is 12.1 Å². The topological polar surface area (TPSA) is 72.0 Å². The average molecular weight is 329 g/mol. The van der Waals surface area contributed by atoms with E-state index in [1.165, 1.54) is 0 Å². The molecule has 3 rings (SSSR count). The van der Waals surface area contributed by atoms with Crippen molar-refractivity contribution >= 4 is 22.9 Å². The molecule has 0 aliphatic carbocycles. The highest BCUT2D eigenvalue weighted by atomic mass is 32.2. The summed E-state index contributed by atoms with van der Waals surface area (Å²) in [4.78, 5) is 14.1. The van der Waals surface area contributed by atoms with Crippen molar-refractivity contribution in [3.8, 4) is 0 Å². The van der Waals surface area contributed by atoms with Gasteiger partial charge in [-0.05, 0) is 31.2 Å². The minimum Gasteiger partial charge on any atom is -0.441 e. The van der Waals surface area contributed by atoms with Crippen LogP contribution in [-0.2, 0) is 12.8 Å². The fraction of sp³-hybridized carbons (Fsp3) is 0.353. The van der Waals surface area contributed by atoms with E-state index >= 15 is 0 Å². The van der Waals surface area contributed by atoms with Crippen molar-refractivity contribution in [2.24, 2.45) is 0 Å². The quantitative estimate of drug-likeness (QED) is 0.671. The van der Waals surface area contributed by atoms with Gasteiger partial charge in [0.15, 0.2) is 11.5 Å². The summed E-state index contributed by atoms with van der Waals surface area (Å²) < 4.78 is 5.66. The molecule has 1 aromatic carbocycles. The highest BCUT2D eigenvalue weighted by molar-refractivity contribution is 7.98. The molecule has 2 heterocycles. The number of benzene rings is 1. The predicted molar refractivity (Wildman–Crippen MR) is 90.5 cm³/mol. The number of aryl methyl sites for hydroxylation is 2. The predicted octanol–water partition coefficient (Wildman–Crippen LogP) is 3.27. The zero-order chi connectivity index (χ0) is 16.1. The molecule has 0 saturated heterocycles. The summed E-state index contributed by atoms with van der Waals surface area (Å²) in [5, 5.41) is 10.1. The standard InChI is InChI=1S/C17H19N3O2S/c1-23-13-10-18-16(19-11-13)8-6-12(21)7-9-17-20-14-4-2-3-5-15(14)22-17/h2-5,10-12,21H,6-9H2,1H3. The lowest BCUT2D eigenvalue weighted by Crippen LogP contribution is -2.10. The number of thioether (sulfide) groups is 1. The monoisotopic (exact) mass is 329 g/mol. The first-order valence-corrected chi connectivity index (χ1v) is 8.84. The van der Waals surface area contributed by atoms with Crippen LogP contribution < -0.4 is 0 Å². The van der Waals surface area contributed by atoms with Gasteiger partial charge in [-0.15, -0.1) is 11.8 Å². The third kappa shape index (κ3) is 4.30. The summed E-state index contributed by atoms with van der Waals surface area (Å²) in [6, 6.07) is 7.69. The molecule has 0 fully saturated rings. The number of hydrogen-bond acceptors (Lipinski definition) is 6. The van der Waals surface area contributed by atoms with Crippen molar-refractivity contribution < 1.29 is 9.52 Å². The molecule has 1 N–H and O–H groups in total. The van der Waals surface area contributed by atoms with Crippen LogP contribution >= 0.6 is 11.8 Å². The number of oxazole rings is 1. The van der Waals surface area contributed by atoms with E-state index < -0.39 is 6.10 Å². The highest BCUT2D eigenvalue weighted by Gasteiger charge is 2.10. The van der Waals surface area contributed by atoms with Crippen LogP contribution in [0, 0.1) is 0 Å². The molecule has 0 bridgehead atoms.